The Balaban J connectivity index is 1.79. The summed E-state index contributed by atoms with van der Waals surface area (Å²) in [5, 5.41) is 12.6. The molecule has 0 bridgehead atoms. The van der Waals surface area contributed by atoms with E-state index in [4.69, 9.17) is 16.2 Å². The van der Waals surface area contributed by atoms with Gasteiger partial charge >= 0.3 is 0 Å². The van der Waals surface area contributed by atoms with Gasteiger partial charge in [-0.25, -0.2) is 4.39 Å². The first-order valence-corrected chi connectivity index (χ1v) is 12.3. The van der Waals surface area contributed by atoms with Gasteiger partial charge in [-0.2, -0.15) is 4.37 Å². The Kier molecular flexibility index (Phi) is 8.06. The van der Waals surface area contributed by atoms with Crippen LogP contribution in [0.25, 0.3) is 0 Å². The number of rotatable bonds is 9. The molecule has 10 nitrogen and oxygen atoms in total. The van der Waals surface area contributed by atoms with Gasteiger partial charge in [0.25, 0.3) is 11.8 Å². The average Bonchev–Trinajstić information content (AvgIpc) is 3.32. The zero-order chi connectivity index (χ0) is 28.1. The second-order valence-corrected chi connectivity index (χ2v) is 9.13. The predicted octanol–water partition coefficient (Wildman–Crippen LogP) is 3.38. The number of halogens is 1. The molecule has 3 amide bonds. The highest BCUT2D eigenvalue weighted by atomic mass is 32.1. The molecule has 0 saturated carbocycles. The monoisotopic (exact) mass is 549 g/mol. The van der Waals surface area contributed by atoms with Crippen molar-refractivity contribution in [3.8, 4) is 11.5 Å². The number of phenols is 1. The van der Waals surface area contributed by atoms with E-state index in [1.54, 1.807) is 31.4 Å². The molecule has 6 N–H and O–H groups in total. The predicted molar refractivity (Wildman–Crippen MR) is 144 cm³/mol. The van der Waals surface area contributed by atoms with Crippen molar-refractivity contribution in [1.82, 2.24) is 9.69 Å². The lowest BCUT2D eigenvalue weighted by atomic mass is 10.0. The number of primary amides is 1. The van der Waals surface area contributed by atoms with Gasteiger partial charge in [-0.1, -0.05) is 30.3 Å². The molecule has 39 heavy (non-hydrogen) atoms. The van der Waals surface area contributed by atoms with Crippen LogP contribution in [0.3, 0.4) is 0 Å². The fraction of sp³-hybridized carbons (Fsp3) is 0.111. The minimum Gasteiger partial charge on any atom is -0.508 e. The average molecular weight is 550 g/mol. The number of nitrogens with two attached hydrogens (primary N) is 2. The molecule has 1 atom stereocenters. The maximum atomic E-state index is 14.4. The van der Waals surface area contributed by atoms with E-state index in [9.17, 15) is 23.9 Å². The minimum absolute atomic E-state index is 0.0473. The van der Waals surface area contributed by atoms with E-state index in [2.05, 4.69) is 9.69 Å². The lowest BCUT2D eigenvalue weighted by Crippen LogP contribution is -2.44. The molecule has 200 valence electrons. The van der Waals surface area contributed by atoms with Crippen LogP contribution in [0.4, 0.5) is 15.8 Å². The number of benzene rings is 3. The first kappa shape index (κ1) is 27.1. The molecule has 4 rings (SSSR count). The van der Waals surface area contributed by atoms with Crippen molar-refractivity contribution in [3.05, 3.63) is 100 Å². The number of nitrogens with one attached hydrogen (secondary N) is 1. The number of carbonyl (C=O) groups is 3. The number of hydrogen-bond acceptors (Lipinski definition) is 8. The Morgan fingerprint density at radius 1 is 1.10 bits per heavy atom. The highest BCUT2D eigenvalue weighted by molar-refractivity contribution is 7.09. The first-order chi connectivity index (χ1) is 18.7. The van der Waals surface area contributed by atoms with Crippen molar-refractivity contribution in [2.24, 2.45) is 5.73 Å². The van der Waals surface area contributed by atoms with Gasteiger partial charge in [-0.05, 0) is 65.1 Å². The third kappa shape index (κ3) is 5.96. The third-order valence-corrected chi connectivity index (χ3v) is 6.65. The zero-order valence-electron chi connectivity index (χ0n) is 20.6. The van der Waals surface area contributed by atoms with Gasteiger partial charge < -0.3 is 26.6 Å². The summed E-state index contributed by atoms with van der Waals surface area (Å²) in [7, 11) is 1.54. The quantitative estimate of drug-likeness (QED) is 0.249. The van der Waals surface area contributed by atoms with E-state index in [0.29, 0.717) is 22.8 Å². The molecule has 0 unspecified atom stereocenters. The number of aromatic nitrogens is 1. The summed E-state index contributed by atoms with van der Waals surface area (Å²) >= 11 is 0.636. The van der Waals surface area contributed by atoms with Gasteiger partial charge in [0.05, 0.1) is 12.8 Å². The number of hydrogen-bond donors (Lipinski definition) is 4. The molecule has 4 aromatic rings. The van der Waals surface area contributed by atoms with Crippen LogP contribution in [0.2, 0.25) is 0 Å². The number of methoxy groups -OCH3 is 1. The smallest absolute Gasteiger partial charge is 0.273 e. The van der Waals surface area contributed by atoms with Gasteiger partial charge in [-0.15, -0.1) is 0 Å². The maximum absolute atomic E-state index is 14.4. The Morgan fingerprint density at radius 3 is 2.38 bits per heavy atom. The number of anilines is 2. The summed E-state index contributed by atoms with van der Waals surface area (Å²) in [6.45, 7) is 0.108. The molecule has 0 aliphatic heterocycles. The standard InChI is InChI=1S/C27H24FN5O5S/c1-38-20-11-5-15(6-12-20)14-31-26(36)23(16-7-9-19(34)10-8-16)33(18-4-2-3-17(28)13-18)27(37)24-21(29)22(25(30)35)32-39-24/h2-13,23,34H,14,29H2,1H3,(H2,30,35)(H,31,36)/t23-/m1/s1. The van der Waals surface area contributed by atoms with Crippen LogP contribution in [0.15, 0.2) is 72.8 Å². The fourth-order valence-corrected chi connectivity index (χ4v) is 4.59. The van der Waals surface area contributed by atoms with E-state index < -0.39 is 29.6 Å². The summed E-state index contributed by atoms with van der Waals surface area (Å²) in [5.74, 6) is -2.39. The SMILES string of the molecule is COc1ccc(CNC(=O)[C@@H](c2ccc(O)cc2)N(C(=O)c2snc(C(N)=O)c2N)c2cccc(F)c2)cc1. The van der Waals surface area contributed by atoms with Crippen molar-refractivity contribution in [1.29, 1.82) is 0 Å². The van der Waals surface area contributed by atoms with Crippen LogP contribution < -0.4 is 26.4 Å². The Labute approximate surface area is 226 Å². The van der Waals surface area contributed by atoms with Gasteiger partial charge in [0.15, 0.2) is 5.69 Å². The Bertz CT molecular complexity index is 1510. The van der Waals surface area contributed by atoms with E-state index in [0.717, 1.165) is 16.5 Å². The van der Waals surface area contributed by atoms with Gasteiger partial charge in [0.2, 0.25) is 5.91 Å². The number of nitrogen functional groups attached to an aromatic ring is 1. The Hall–Kier alpha value is -4.97. The van der Waals surface area contributed by atoms with Gasteiger partial charge in [0, 0.05) is 12.2 Å². The summed E-state index contributed by atoms with van der Waals surface area (Å²) in [4.78, 5) is 40.3. The molecule has 0 aliphatic carbocycles. The molecule has 3 aromatic carbocycles. The molecular formula is C27H24FN5O5S. The van der Waals surface area contributed by atoms with E-state index in [1.165, 1.54) is 42.5 Å². The van der Waals surface area contributed by atoms with E-state index >= 15 is 0 Å². The van der Waals surface area contributed by atoms with Crippen molar-refractivity contribution in [3.63, 3.8) is 0 Å². The number of carbonyl (C=O) groups excluding carboxylic acids is 3. The molecule has 0 radical (unpaired) electrons. The van der Waals surface area contributed by atoms with Crippen molar-refractivity contribution < 1.29 is 28.6 Å². The summed E-state index contributed by atoms with van der Waals surface area (Å²) in [6, 6.07) is 16.5. The highest BCUT2D eigenvalue weighted by Crippen LogP contribution is 2.34. The van der Waals surface area contributed by atoms with E-state index in [-0.39, 0.29) is 34.2 Å². The van der Waals surface area contributed by atoms with Crippen molar-refractivity contribution in [2.75, 3.05) is 17.7 Å². The number of nitrogens with zero attached hydrogens (tertiary/aromatic N) is 2. The molecule has 12 heteroatoms. The number of aromatic hydroxyl groups is 1. The van der Waals surface area contributed by atoms with E-state index in [1.807, 2.05) is 0 Å². The molecule has 1 heterocycles. The number of phenolic OH excluding ortho intramolecular Hbond substituents is 1. The topological polar surface area (TPSA) is 161 Å². The molecule has 0 saturated heterocycles. The Morgan fingerprint density at radius 2 is 1.79 bits per heavy atom. The molecular weight excluding hydrogens is 525 g/mol. The number of amides is 3. The minimum atomic E-state index is -1.34. The highest BCUT2D eigenvalue weighted by Gasteiger charge is 2.36. The van der Waals surface area contributed by atoms with Crippen LogP contribution >= 0.6 is 11.5 Å². The second-order valence-electron chi connectivity index (χ2n) is 8.35. The molecule has 0 aliphatic rings. The van der Waals surface area contributed by atoms with Crippen LogP contribution in [-0.2, 0) is 11.3 Å². The van der Waals surface area contributed by atoms with Gasteiger partial charge in [-0.3, -0.25) is 19.3 Å². The lowest BCUT2D eigenvalue weighted by molar-refractivity contribution is -0.122. The molecule has 1 aromatic heterocycles. The first-order valence-electron chi connectivity index (χ1n) is 11.5. The maximum Gasteiger partial charge on any atom is 0.273 e. The summed E-state index contributed by atoms with van der Waals surface area (Å²) < 4.78 is 23.4. The van der Waals surface area contributed by atoms with Crippen LogP contribution in [0.1, 0.15) is 37.3 Å². The summed E-state index contributed by atoms with van der Waals surface area (Å²) in [6.07, 6.45) is 0. The van der Waals surface area contributed by atoms with Crippen LogP contribution in [0.5, 0.6) is 11.5 Å². The van der Waals surface area contributed by atoms with Crippen LogP contribution in [-0.4, -0.2) is 34.3 Å². The molecule has 0 fully saturated rings. The van der Waals surface area contributed by atoms with Crippen molar-refractivity contribution >= 4 is 40.6 Å². The number of ether oxygens (including phenoxy) is 1. The zero-order valence-corrected chi connectivity index (χ0v) is 21.4. The second kappa shape index (κ2) is 11.6. The normalized spacial score (nSPS) is 11.4. The largest absolute Gasteiger partial charge is 0.508 e. The van der Waals surface area contributed by atoms with Crippen LogP contribution in [0, 0.1) is 5.82 Å². The van der Waals surface area contributed by atoms with Gasteiger partial charge in [0.1, 0.15) is 28.2 Å². The summed E-state index contributed by atoms with van der Waals surface area (Å²) in [5.41, 5.74) is 11.9. The lowest BCUT2D eigenvalue weighted by Gasteiger charge is -2.31. The molecule has 0 spiro atoms. The third-order valence-electron chi connectivity index (χ3n) is 5.80. The van der Waals surface area contributed by atoms with Crippen molar-refractivity contribution in [2.45, 2.75) is 12.6 Å². The fourth-order valence-electron chi connectivity index (χ4n) is 3.85.